The molecule has 6 heteroatoms. The van der Waals surface area contributed by atoms with Crippen molar-refractivity contribution in [2.45, 2.75) is 0 Å². The summed E-state index contributed by atoms with van der Waals surface area (Å²) in [5, 5.41) is 17.3. The first-order valence-electron chi connectivity index (χ1n) is 5.48. The first-order valence-corrected chi connectivity index (χ1v) is 15.0. The summed E-state index contributed by atoms with van der Waals surface area (Å²) in [4.78, 5) is 4.45. The molecule has 0 aliphatic heterocycles. The third-order valence-corrected chi connectivity index (χ3v) is 12.0. The van der Waals surface area contributed by atoms with Gasteiger partial charge in [-0.3, -0.25) is 0 Å². The summed E-state index contributed by atoms with van der Waals surface area (Å²) in [6.45, 7) is 0. The Morgan fingerprint density at radius 3 is 1.15 bits per heavy atom. The third kappa shape index (κ3) is 5.12. The van der Waals surface area contributed by atoms with E-state index < -0.39 is 0 Å². The third-order valence-electron chi connectivity index (χ3n) is 2.21. The average Bonchev–Trinajstić information content (AvgIpc) is 2.49. The molecule has 0 heterocycles. The standard InChI is InChI=1S/C14H8N2Se4/c15-9-17-11-1-5-13(6-2-11)19-20-14-7-3-12(4-8-14)18-10-16/h1-8H. The molecular weight excluding hydrogens is 512 g/mol. The first-order chi connectivity index (χ1) is 9.81. The Balaban J connectivity index is 1.91. The van der Waals surface area contributed by atoms with Gasteiger partial charge in [0.25, 0.3) is 0 Å². The molecule has 2 rings (SSSR count). The van der Waals surface area contributed by atoms with Gasteiger partial charge in [-0.25, -0.2) is 0 Å². The van der Waals surface area contributed by atoms with E-state index in [0.717, 1.165) is 8.92 Å². The van der Waals surface area contributed by atoms with Gasteiger partial charge in [0.1, 0.15) is 0 Å². The van der Waals surface area contributed by atoms with Crippen molar-refractivity contribution in [2.75, 3.05) is 0 Å². The van der Waals surface area contributed by atoms with Crippen LogP contribution in [0.25, 0.3) is 0 Å². The van der Waals surface area contributed by atoms with Crippen LogP contribution in [0.2, 0.25) is 0 Å². The first kappa shape index (κ1) is 15.9. The van der Waals surface area contributed by atoms with Gasteiger partial charge in [0, 0.05) is 0 Å². The molecule has 0 spiro atoms. The van der Waals surface area contributed by atoms with Gasteiger partial charge in [0.15, 0.2) is 0 Å². The van der Waals surface area contributed by atoms with Gasteiger partial charge in [-0.2, -0.15) is 0 Å². The summed E-state index contributed by atoms with van der Waals surface area (Å²) in [6.07, 6.45) is 0. The van der Waals surface area contributed by atoms with Crippen molar-refractivity contribution in [3.05, 3.63) is 48.5 Å². The Morgan fingerprint density at radius 1 is 0.550 bits per heavy atom. The fraction of sp³-hybridized carbons (Fsp3) is 0. The van der Waals surface area contributed by atoms with Crippen LogP contribution in [0.4, 0.5) is 0 Å². The van der Waals surface area contributed by atoms with Crippen LogP contribution in [0, 0.1) is 20.5 Å². The molecule has 0 atom stereocenters. The zero-order valence-corrected chi connectivity index (χ0v) is 17.0. The van der Waals surface area contributed by atoms with Crippen LogP contribution in [0.15, 0.2) is 48.5 Å². The molecule has 0 aromatic heterocycles. The van der Waals surface area contributed by atoms with Crippen LogP contribution in [-0.2, 0) is 0 Å². The Hall–Kier alpha value is -0.502. The molecule has 0 amide bonds. The van der Waals surface area contributed by atoms with Crippen molar-refractivity contribution in [2.24, 2.45) is 0 Å². The minimum atomic E-state index is -0.0466. The molecular formula is C14H8N2Se4. The maximum absolute atomic E-state index is 8.67. The zero-order valence-electron chi connectivity index (χ0n) is 10.1. The SMILES string of the molecule is N#C[Se]c1ccc([Se][Se]c2ccc([Se]C#N)cc2)cc1. The van der Waals surface area contributed by atoms with E-state index in [2.05, 4.69) is 58.5 Å². The van der Waals surface area contributed by atoms with Crippen molar-refractivity contribution in [3.8, 4) is 9.94 Å². The summed E-state index contributed by atoms with van der Waals surface area (Å²) < 4.78 is 5.07. The molecule has 0 unspecified atom stereocenters. The van der Waals surface area contributed by atoms with Crippen LogP contribution >= 0.6 is 0 Å². The van der Waals surface area contributed by atoms with Crippen LogP contribution in [0.3, 0.4) is 0 Å². The second-order valence-electron chi connectivity index (χ2n) is 3.50. The Kier molecular flexibility index (Phi) is 6.92. The molecule has 0 aliphatic carbocycles. The van der Waals surface area contributed by atoms with Crippen molar-refractivity contribution in [1.29, 1.82) is 10.5 Å². The molecule has 0 bridgehead atoms. The summed E-state index contributed by atoms with van der Waals surface area (Å²) in [5.41, 5.74) is 0. The number of rotatable bonds is 5. The number of hydrogen-bond acceptors (Lipinski definition) is 2. The fourth-order valence-electron chi connectivity index (χ4n) is 1.33. The van der Waals surface area contributed by atoms with E-state index in [9.17, 15) is 0 Å². The van der Waals surface area contributed by atoms with Crippen molar-refractivity contribution in [3.63, 3.8) is 0 Å². The average molecular weight is 520 g/mol. The molecule has 0 N–H and O–H groups in total. The zero-order chi connectivity index (χ0) is 14.2. The van der Waals surface area contributed by atoms with Gasteiger partial charge >= 0.3 is 143 Å². The van der Waals surface area contributed by atoms with Gasteiger partial charge < -0.3 is 0 Å². The summed E-state index contributed by atoms with van der Waals surface area (Å²) in [5.74, 6) is 0. The molecule has 0 aliphatic rings. The van der Waals surface area contributed by atoms with Crippen LogP contribution < -0.4 is 17.8 Å². The monoisotopic (exact) mass is 524 g/mol. The van der Waals surface area contributed by atoms with Gasteiger partial charge in [-0.05, 0) is 0 Å². The normalized spacial score (nSPS) is 9.70. The second kappa shape index (κ2) is 8.71. The van der Waals surface area contributed by atoms with E-state index in [0.29, 0.717) is 26.3 Å². The maximum atomic E-state index is 8.67. The van der Waals surface area contributed by atoms with E-state index in [-0.39, 0.29) is 29.9 Å². The van der Waals surface area contributed by atoms with Gasteiger partial charge in [-0.15, -0.1) is 0 Å². The molecule has 2 aromatic carbocycles. The van der Waals surface area contributed by atoms with Crippen LogP contribution in [-0.4, -0.2) is 56.2 Å². The summed E-state index contributed by atoms with van der Waals surface area (Å²) in [7, 11) is 0. The molecule has 0 saturated heterocycles. The van der Waals surface area contributed by atoms with Gasteiger partial charge in [0.05, 0.1) is 0 Å². The van der Waals surface area contributed by atoms with E-state index >= 15 is 0 Å². The molecule has 2 aromatic rings. The fourth-order valence-corrected chi connectivity index (χ4v) is 8.87. The quantitative estimate of drug-likeness (QED) is 0.455. The van der Waals surface area contributed by atoms with E-state index in [1.54, 1.807) is 0 Å². The Bertz CT molecular complexity index is 579. The van der Waals surface area contributed by atoms with Gasteiger partial charge in [-0.1, -0.05) is 0 Å². The topological polar surface area (TPSA) is 47.6 Å². The summed E-state index contributed by atoms with van der Waals surface area (Å²) in [6, 6.07) is 16.9. The molecule has 0 saturated carbocycles. The molecule has 0 fully saturated rings. The van der Waals surface area contributed by atoms with E-state index in [1.807, 2.05) is 0 Å². The van der Waals surface area contributed by atoms with E-state index in [4.69, 9.17) is 10.5 Å². The predicted octanol–water partition coefficient (Wildman–Crippen LogP) is -1.42. The summed E-state index contributed by atoms with van der Waals surface area (Å²) >= 11 is 0.865. The molecule has 20 heavy (non-hydrogen) atoms. The number of hydrogen-bond donors (Lipinski definition) is 0. The Labute approximate surface area is 142 Å². The van der Waals surface area contributed by atoms with E-state index in [1.165, 1.54) is 8.92 Å². The van der Waals surface area contributed by atoms with Crippen molar-refractivity contribution < 1.29 is 0 Å². The number of nitriles is 2. The molecule has 0 radical (unpaired) electrons. The number of nitrogens with zero attached hydrogens (tertiary/aromatic N) is 2. The minimum absolute atomic E-state index is 0.0466. The van der Waals surface area contributed by atoms with Crippen LogP contribution in [0.1, 0.15) is 0 Å². The van der Waals surface area contributed by atoms with Crippen molar-refractivity contribution in [1.82, 2.24) is 0 Å². The van der Waals surface area contributed by atoms with Crippen molar-refractivity contribution >= 4 is 74.0 Å². The van der Waals surface area contributed by atoms with Crippen LogP contribution in [0.5, 0.6) is 0 Å². The predicted molar refractivity (Wildman–Crippen MR) is 85.7 cm³/mol. The second-order valence-corrected chi connectivity index (χ2v) is 13.4. The van der Waals surface area contributed by atoms with Gasteiger partial charge in [0.2, 0.25) is 0 Å². The Morgan fingerprint density at radius 2 is 0.850 bits per heavy atom. The number of benzene rings is 2. The molecule has 2 nitrogen and oxygen atoms in total. The molecule has 98 valence electrons.